The monoisotopic (exact) mass is 301 g/mol. The highest BCUT2D eigenvalue weighted by molar-refractivity contribution is 5.76. The van der Waals surface area contributed by atoms with Crippen LogP contribution in [0.25, 0.3) is 5.69 Å². The van der Waals surface area contributed by atoms with Gasteiger partial charge in [0.2, 0.25) is 0 Å². The molecule has 2 atom stereocenters. The number of likely N-dealkylation sites (tertiary alicyclic amines) is 1. The second kappa shape index (κ2) is 6.29. The molecule has 0 amide bonds. The Morgan fingerprint density at radius 2 is 2.32 bits per heavy atom. The zero-order valence-electron chi connectivity index (χ0n) is 12.4. The van der Waals surface area contributed by atoms with E-state index in [9.17, 15) is 9.90 Å². The van der Waals surface area contributed by atoms with Crippen LogP contribution in [0.15, 0.2) is 42.7 Å². The fraction of sp³-hybridized carbons (Fsp3) is 0.375. The van der Waals surface area contributed by atoms with Crippen molar-refractivity contribution in [3.8, 4) is 5.69 Å². The molecule has 1 N–H and O–H groups in total. The highest BCUT2D eigenvalue weighted by atomic mass is 16.5. The Labute approximate surface area is 128 Å². The topological polar surface area (TPSA) is 67.6 Å². The molecular formula is C16H19N3O3. The number of ether oxygens (including phenoxy) is 1. The van der Waals surface area contributed by atoms with Gasteiger partial charge >= 0.3 is 5.97 Å². The maximum absolute atomic E-state index is 11.8. The van der Waals surface area contributed by atoms with Crippen molar-refractivity contribution in [3.05, 3.63) is 48.3 Å². The lowest BCUT2D eigenvalue weighted by Gasteiger charge is -2.22. The van der Waals surface area contributed by atoms with Crippen molar-refractivity contribution in [2.24, 2.45) is 0 Å². The zero-order chi connectivity index (χ0) is 15.5. The van der Waals surface area contributed by atoms with Gasteiger partial charge in [0.25, 0.3) is 0 Å². The number of aliphatic hydroxyl groups excluding tert-OH is 1. The van der Waals surface area contributed by atoms with Crippen LogP contribution in [-0.4, -0.2) is 51.6 Å². The number of carbonyl (C=O) groups excluding carboxylic acids is 1. The van der Waals surface area contributed by atoms with Crippen LogP contribution in [0, 0.1) is 0 Å². The number of carbonyl (C=O) groups is 1. The number of aliphatic hydroxyl groups is 1. The van der Waals surface area contributed by atoms with Crippen LogP contribution in [0.5, 0.6) is 0 Å². The molecule has 1 aromatic carbocycles. The van der Waals surface area contributed by atoms with Crippen LogP contribution in [0.3, 0.4) is 0 Å². The molecule has 1 saturated heterocycles. The molecule has 6 heteroatoms. The van der Waals surface area contributed by atoms with Gasteiger partial charge in [-0.1, -0.05) is 12.1 Å². The van der Waals surface area contributed by atoms with Crippen LogP contribution < -0.4 is 0 Å². The molecule has 6 nitrogen and oxygen atoms in total. The number of hydrogen-bond donors (Lipinski definition) is 1. The number of nitrogens with zero attached hydrogens (tertiary/aromatic N) is 3. The van der Waals surface area contributed by atoms with Gasteiger partial charge < -0.3 is 9.84 Å². The number of methoxy groups -OCH3 is 1. The van der Waals surface area contributed by atoms with Crippen LogP contribution in [0.2, 0.25) is 0 Å². The number of esters is 1. The van der Waals surface area contributed by atoms with E-state index < -0.39 is 6.10 Å². The Morgan fingerprint density at radius 1 is 1.45 bits per heavy atom. The molecule has 0 bridgehead atoms. The van der Waals surface area contributed by atoms with Gasteiger partial charge in [-0.2, -0.15) is 5.10 Å². The maximum atomic E-state index is 11.8. The van der Waals surface area contributed by atoms with Crippen molar-refractivity contribution >= 4 is 5.97 Å². The highest BCUT2D eigenvalue weighted by Gasteiger charge is 2.36. The summed E-state index contributed by atoms with van der Waals surface area (Å²) in [6, 6.07) is 9.47. The number of β-amino-alcohol motifs (C(OH)–C–C–N with tert-alkyl or cyclic N) is 1. The van der Waals surface area contributed by atoms with E-state index in [0.29, 0.717) is 19.5 Å². The molecule has 2 heterocycles. The Morgan fingerprint density at radius 3 is 3.05 bits per heavy atom. The molecule has 0 radical (unpaired) electrons. The lowest BCUT2D eigenvalue weighted by atomic mass is 10.1. The van der Waals surface area contributed by atoms with Crippen LogP contribution in [-0.2, 0) is 16.1 Å². The van der Waals surface area contributed by atoms with E-state index >= 15 is 0 Å². The molecule has 1 fully saturated rings. The molecule has 2 aromatic rings. The van der Waals surface area contributed by atoms with Gasteiger partial charge in [-0.3, -0.25) is 9.69 Å². The predicted molar refractivity (Wildman–Crippen MR) is 80.4 cm³/mol. The van der Waals surface area contributed by atoms with Gasteiger partial charge in [0.05, 0.1) is 18.9 Å². The number of aromatic nitrogens is 2. The van der Waals surface area contributed by atoms with Gasteiger partial charge in [-0.25, -0.2) is 4.68 Å². The summed E-state index contributed by atoms with van der Waals surface area (Å²) in [6.07, 6.45) is 3.55. The Hall–Kier alpha value is -2.18. The van der Waals surface area contributed by atoms with E-state index in [4.69, 9.17) is 4.74 Å². The predicted octanol–water partition coefficient (Wildman–Crippen LogP) is 0.980. The first-order chi connectivity index (χ1) is 10.7. The van der Waals surface area contributed by atoms with Gasteiger partial charge in [0, 0.05) is 31.9 Å². The van der Waals surface area contributed by atoms with E-state index in [2.05, 4.69) is 5.10 Å². The van der Waals surface area contributed by atoms with Crippen molar-refractivity contribution in [2.45, 2.75) is 25.1 Å². The quantitative estimate of drug-likeness (QED) is 0.853. The summed E-state index contributed by atoms with van der Waals surface area (Å²) < 4.78 is 6.62. The van der Waals surface area contributed by atoms with Crippen molar-refractivity contribution < 1.29 is 14.6 Å². The van der Waals surface area contributed by atoms with Crippen LogP contribution in [0.4, 0.5) is 0 Å². The summed E-state index contributed by atoms with van der Waals surface area (Å²) in [7, 11) is 1.38. The molecule has 0 unspecified atom stereocenters. The molecule has 0 aliphatic carbocycles. The second-order valence-electron chi connectivity index (χ2n) is 5.48. The van der Waals surface area contributed by atoms with Crippen molar-refractivity contribution in [3.63, 3.8) is 0 Å². The van der Waals surface area contributed by atoms with Crippen molar-refractivity contribution in [1.29, 1.82) is 0 Å². The molecule has 0 saturated carbocycles. The summed E-state index contributed by atoms with van der Waals surface area (Å²) in [6.45, 7) is 1.07. The van der Waals surface area contributed by atoms with Crippen molar-refractivity contribution in [1.82, 2.24) is 14.7 Å². The molecule has 0 spiro atoms. The Bertz CT molecular complexity index is 642. The minimum atomic E-state index is -0.488. The molecular weight excluding hydrogens is 282 g/mol. The normalized spacial score (nSPS) is 21.9. The largest absolute Gasteiger partial charge is 0.468 e. The molecule has 1 aliphatic heterocycles. The molecule has 1 aliphatic rings. The SMILES string of the molecule is COC(=O)[C@H]1C[C@@H](O)CN1Cc1cccc(-n2cccn2)c1. The van der Waals surface area contributed by atoms with E-state index in [1.807, 2.05) is 41.4 Å². The number of rotatable bonds is 4. The number of benzene rings is 1. The van der Waals surface area contributed by atoms with Gasteiger partial charge in [0.15, 0.2) is 0 Å². The van der Waals surface area contributed by atoms with Crippen LogP contribution in [0.1, 0.15) is 12.0 Å². The fourth-order valence-corrected chi connectivity index (χ4v) is 2.89. The first-order valence-corrected chi connectivity index (χ1v) is 7.26. The van der Waals surface area contributed by atoms with E-state index in [1.54, 1.807) is 10.9 Å². The lowest BCUT2D eigenvalue weighted by Crippen LogP contribution is -2.36. The fourth-order valence-electron chi connectivity index (χ4n) is 2.89. The summed E-state index contributed by atoms with van der Waals surface area (Å²) >= 11 is 0. The van der Waals surface area contributed by atoms with Gasteiger partial charge in [0.1, 0.15) is 6.04 Å². The molecule has 22 heavy (non-hydrogen) atoms. The first-order valence-electron chi connectivity index (χ1n) is 7.26. The number of hydrogen-bond acceptors (Lipinski definition) is 5. The van der Waals surface area contributed by atoms with E-state index in [1.165, 1.54) is 7.11 Å². The summed E-state index contributed by atoms with van der Waals surface area (Å²) in [5, 5.41) is 14.1. The van der Waals surface area contributed by atoms with E-state index in [-0.39, 0.29) is 12.0 Å². The minimum absolute atomic E-state index is 0.292. The average Bonchev–Trinajstić information content (AvgIpc) is 3.17. The lowest BCUT2D eigenvalue weighted by molar-refractivity contribution is -0.146. The summed E-state index contributed by atoms with van der Waals surface area (Å²) in [4.78, 5) is 13.8. The standard InChI is InChI=1S/C16H19N3O3/c1-22-16(21)15-9-14(20)11-18(15)10-12-4-2-5-13(8-12)19-7-3-6-17-19/h2-8,14-15,20H,9-11H2,1H3/t14-,15-/m1/s1. The van der Waals surface area contributed by atoms with E-state index in [0.717, 1.165) is 11.3 Å². The third kappa shape index (κ3) is 3.03. The maximum Gasteiger partial charge on any atom is 0.323 e. The molecule has 1 aromatic heterocycles. The van der Waals surface area contributed by atoms with Crippen molar-refractivity contribution in [2.75, 3.05) is 13.7 Å². The summed E-state index contributed by atoms with van der Waals surface area (Å²) in [5.74, 6) is -0.292. The van der Waals surface area contributed by atoms with Gasteiger partial charge in [-0.15, -0.1) is 0 Å². The van der Waals surface area contributed by atoms with Gasteiger partial charge in [-0.05, 0) is 23.8 Å². The molecule has 116 valence electrons. The molecule has 3 rings (SSSR count). The van der Waals surface area contributed by atoms with Crippen LogP contribution >= 0.6 is 0 Å². The highest BCUT2D eigenvalue weighted by Crippen LogP contribution is 2.22. The smallest absolute Gasteiger partial charge is 0.323 e. The average molecular weight is 301 g/mol. The minimum Gasteiger partial charge on any atom is -0.468 e. The zero-order valence-corrected chi connectivity index (χ0v) is 12.4. The Balaban J connectivity index is 1.77. The third-order valence-corrected chi connectivity index (χ3v) is 3.92. The second-order valence-corrected chi connectivity index (χ2v) is 5.48. The summed E-state index contributed by atoms with van der Waals surface area (Å²) in [5.41, 5.74) is 2.04. The first kappa shape index (κ1) is 14.7. The Kier molecular flexibility index (Phi) is 4.22. The third-order valence-electron chi connectivity index (χ3n) is 3.92.